The van der Waals surface area contributed by atoms with Gasteiger partial charge in [-0.3, -0.25) is 0 Å². The zero-order valence-electron chi connectivity index (χ0n) is 12.8. The van der Waals surface area contributed by atoms with Crippen LogP contribution in [0.1, 0.15) is 38.7 Å². The van der Waals surface area contributed by atoms with Gasteiger partial charge in [0.05, 0.1) is 6.61 Å². The molecule has 1 aliphatic carbocycles. The van der Waals surface area contributed by atoms with Gasteiger partial charge in [-0.15, -0.1) is 0 Å². The highest BCUT2D eigenvalue weighted by molar-refractivity contribution is 5.67. The number of H-pyrrole nitrogens is 1. The summed E-state index contributed by atoms with van der Waals surface area (Å²) in [7, 11) is 1.79. The molecule has 0 bridgehead atoms. The van der Waals surface area contributed by atoms with Crippen LogP contribution in [0.5, 0.6) is 0 Å². The van der Waals surface area contributed by atoms with Crippen molar-refractivity contribution >= 4 is 18.2 Å². The predicted molar refractivity (Wildman–Crippen MR) is 86.7 cm³/mol. The summed E-state index contributed by atoms with van der Waals surface area (Å²) >= 11 is 0. The maximum absolute atomic E-state index is 5.34. The van der Waals surface area contributed by atoms with Crippen molar-refractivity contribution in [1.29, 1.82) is 0 Å². The van der Waals surface area contributed by atoms with E-state index >= 15 is 0 Å². The van der Waals surface area contributed by atoms with Crippen molar-refractivity contribution in [3.63, 3.8) is 0 Å². The fourth-order valence-electron chi connectivity index (χ4n) is 2.83. The second-order valence-corrected chi connectivity index (χ2v) is 5.96. The maximum atomic E-state index is 5.34. The molecule has 2 rings (SSSR count). The molecule has 0 saturated carbocycles. The maximum Gasteiger partial charge on any atom is 0.0519 e. The van der Waals surface area contributed by atoms with Gasteiger partial charge in [0.15, 0.2) is 0 Å². The Hall–Kier alpha value is -1.54. The minimum absolute atomic E-state index is 0.287. The molecule has 0 saturated heterocycles. The lowest BCUT2D eigenvalue weighted by molar-refractivity contribution is 0.0860. The third kappa shape index (κ3) is 3.13. The fourth-order valence-corrected chi connectivity index (χ4v) is 2.83. The SMILES string of the molecule is C=c1c(C2=CCC(C)(COC)CC2)c[nH]/c1=C/C=C\C. The van der Waals surface area contributed by atoms with Gasteiger partial charge in [0, 0.05) is 24.2 Å². The van der Waals surface area contributed by atoms with Crippen molar-refractivity contribution in [2.75, 3.05) is 13.7 Å². The zero-order valence-corrected chi connectivity index (χ0v) is 12.8. The first-order chi connectivity index (χ1) is 9.59. The molecular formula is C18H25NO. The molecule has 0 aromatic carbocycles. The Bertz CT molecular complexity index is 620. The van der Waals surface area contributed by atoms with E-state index in [1.807, 2.05) is 19.1 Å². The molecule has 0 radical (unpaired) electrons. The van der Waals surface area contributed by atoms with E-state index in [0.29, 0.717) is 0 Å². The first kappa shape index (κ1) is 14.9. The van der Waals surface area contributed by atoms with E-state index in [4.69, 9.17) is 4.74 Å². The van der Waals surface area contributed by atoms with Crippen molar-refractivity contribution in [3.05, 3.63) is 40.6 Å². The van der Waals surface area contributed by atoms with Gasteiger partial charge in [-0.1, -0.05) is 31.7 Å². The van der Waals surface area contributed by atoms with E-state index in [-0.39, 0.29) is 5.41 Å². The lowest BCUT2D eigenvalue weighted by atomic mass is 9.76. The minimum Gasteiger partial charge on any atom is -0.384 e. The Morgan fingerprint density at radius 1 is 1.50 bits per heavy atom. The second kappa shape index (κ2) is 6.27. The van der Waals surface area contributed by atoms with Gasteiger partial charge in [-0.2, -0.15) is 0 Å². The van der Waals surface area contributed by atoms with Gasteiger partial charge in [0.25, 0.3) is 0 Å². The summed E-state index contributed by atoms with van der Waals surface area (Å²) in [4.78, 5) is 3.32. The monoisotopic (exact) mass is 271 g/mol. The quantitative estimate of drug-likeness (QED) is 0.894. The van der Waals surface area contributed by atoms with Gasteiger partial charge < -0.3 is 9.72 Å². The van der Waals surface area contributed by atoms with Crippen molar-refractivity contribution in [3.8, 4) is 0 Å². The predicted octanol–water partition coefficient (Wildman–Crippen LogP) is 3.00. The zero-order chi connectivity index (χ0) is 14.6. The fraction of sp³-hybridized carbons (Fsp3) is 0.444. The molecule has 0 aliphatic heterocycles. The molecule has 1 heterocycles. The number of rotatable bonds is 4. The Balaban J connectivity index is 2.25. The molecule has 20 heavy (non-hydrogen) atoms. The van der Waals surface area contributed by atoms with E-state index in [0.717, 1.165) is 30.0 Å². The number of methoxy groups -OCH3 is 1. The van der Waals surface area contributed by atoms with Crippen LogP contribution in [-0.4, -0.2) is 18.7 Å². The number of allylic oxidation sites excluding steroid dienone is 4. The molecule has 1 aromatic rings. The largest absolute Gasteiger partial charge is 0.384 e. The van der Waals surface area contributed by atoms with Gasteiger partial charge in [-0.25, -0.2) is 0 Å². The van der Waals surface area contributed by atoms with Crippen molar-refractivity contribution in [1.82, 2.24) is 4.98 Å². The number of hydrogen-bond acceptors (Lipinski definition) is 1. The number of aromatic nitrogens is 1. The molecule has 0 fully saturated rings. The van der Waals surface area contributed by atoms with Crippen LogP contribution in [0.25, 0.3) is 18.2 Å². The highest BCUT2D eigenvalue weighted by Gasteiger charge is 2.27. The topological polar surface area (TPSA) is 25.0 Å². The van der Waals surface area contributed by atoms with E-state index in [9.17, 15) is 0 Å². The molecule has 1 atom stereocenters. The average molecular weight is 271 g/mol. The summed E-state index contributed by atoms with van der Waals surface area (Å²) in [5.41, 5.74) is 2.97. The molecular weight excluding hydrogens is 246 g/mol. The first-order valence-corrected chi connectivity index (χ1v) is 7.27. The molecule has 1 aliphatic rings. The minimum atomic E-state index is 0.287. The van der Waals surface area contributed by atoms with Crippen LogP contribution in [0.4, 0.5) is 0 Å². The number of aromatic amines is 1. The van der Waals surface area contributed by atoms with Crippen LogP contribution in [0.3, 0.4) is 0 Å². The molecule has 2 nitrogen and oxygen atoms in total. The smallest absolute Gasteiger partial charge is 0.0519 e. The van der Waals surface area contributed by atoms with Crippen molar-refractivity contribution in [2.45, 2.75) is 33.1 Å². The summed E-state index contributed by atoms with van der Waals surface area (Å²) < 4.78 is 5.34. The number of hydrogen-bond donors (Lipinski definition) is 1. The van der Waals surface area contributed by atoms with E-state index in [2.05, 4.69) is 36.8 Å². The molecule has 0 amide bonds. The third-order valence-electron chi connectivity index (χ3n) is 4.16. The molecule has 108 valence electrons. The van der Waals surface area contributed by atoms with E-state index < -0.39 is 0 Å². The molecule has 1 aromatic heterocycles. The number of nitrogens with one attached hydrogen (secondary N) is 1. The lowest BCUT2D eigenvalue weighted by Crippen LogP contribution is -2.26. The van der Waals surface area contributed by atoms with Crippen LogP contribution in [0.2, 0.25) is 0 Å². The van der Waals surface area contributed by atoms with Gasteiger partial charge >= 0.3 is 0 Å². The Morgan fingerprint density at radius 2 is 2.30 bits per heavy atom. The Morgan fingerprint density at radius 3 is 2.90 bits per heavy atom. The average Bonchev–Trinajstić information content (AvgIpc) is 2.79. The number of ether oxygens (including phenoxy) is 1. The van der Waals surface area contributed by atoms with Crippen LogP contribution in [0, 0.1) is 5.41 Å². The Kier molecular flexibility index (Phi) is 4.66. The van der Waals surface area contributed by atoms with Crippen LogP contribution >= 0.6 is 0 Å². The molecule has 2 heteroatoms. The molecule has 1 N–H and O–H groups in total. The standard InChI is InChI=1S/C18H25NO/c1-5-6-7-17-14(2)16(12-19-17)15-8-10-18(3,11-9-15)13-20-4/h5-8,12,19H,2,9-11,13H2,1,3-4H3/b6-5-,17-7+. The molecule has 0 spiro atoms. The Labute approximate surface area is 121 Å². The lowest BCUT2D eigenvalue weighted by Gasteiger charge is -2.32. The highest BCUT2D eigenvalue weighted by atomic mass is 16.5. The highest BCUT2D eigenvalue weighted by Crippen LogP contribution is 2.37. The summed E-state index contributed by atoms with van der Waals surface area (Å²) in [6.07, 6.45) is 13.9. The molecule has 1 unspecified atom stereocenters. The summed E-state index contributed by atoms with van der Waals surface area (Å²) in [5.74, 6) is 0. The van der Waals surface area contributed by atoms with Crippen LogP contribution < -0.4 is 10.6 Å². The summed E-state index contributed by atoms with van der Waals surface area (Å²) in [6.45, 7) is 9.37. The summed E-state index contributed by atoms with van der Waals surface area (Å²) in [5, 5.41) is 2.20. The van der Waals surface area contributed by atoms with Crippen LogP contribution in [0.15, 0.2) is 24.4 Å². The summed E-state index contributed by atoms with van der Waals surface area (Å²) in [6, 6.07) is 0. The van der Waals surface area contributed by atoms with Crippen LogP contribution in [-0.2, 0) is 4.74 Å². The van der Waals surface area contributed by atoms with E-state index in [1.54, 1.807) is 7.11 Å². The van der Waals surface area contributed by atoms with Gasteiger partial charge in [-0.05, 0) is 48.5 Å². The van der Waals surface area contributed by atoms with Crippen molar-refractivity contribution < 1.29 is 4.74 Å². The van der Waals surface area contributed by atoms with E-state index in [1.165, 1.54) is 17.6 Å². The normalized spacial score (nSPS) is 24.4. The van der Waals surface area contributed by atoms with Gasteiger partial charge in [0.2, 0.25) is 0 Å². The van der Waals surface area contributed by atoms with Gasteiger partial charge in [0.1, 0.15) is 0 Å². The third-order valence-corrected chi connectivity index (χ3v) is 4.16. The second-order valence-electron chi connectivity index (χ2n) is 5.96. The van der Waals surface area contributed by atoms with Crippen molar-refractivity contribution in [2.24, 2.45) is 5.41 Å². The first-order valence-electron chi connectivity index (χ1n) is 7.27.